The van der Waals surface area contributed by atoms with E-state index in [9.17, 15) is 19.7 Å². The maximum atomic E-state index is 12.7. The second-order valence-corrected chi connectivity index (χ2v) is 7.56. The maximum Gasteiger partial charge on any atom is 0.269 e. The molecular weight excluding hydrogens is 470 g/mol. The number of ether oxygens (including phenoxy) is 2. The van der Waals surface area contributed by atoms with Gasteiger partial charge in [0.15, 0.2) is 16.6 Å². The van der Waals surface area contributed by atoms with Crippen LogP contribution in [0.3, 0.4) is 0 Å². The van der Waals surface area contributed by atoms with Gasteiger partial charge in [-0.05, 0) is 53.7 Å². The van der Waals surface area contributed by atoms with Crippen molar-refractivity contribution in [2.75, 3.05) is 13.7 Å². The van der Waals surface area contributed by atoms with Gasteiger partial charge in [-0.25, -0.2) is 0 Å². The highest BCUT2D eigenvalue weighted by molar-refractivity contribution is 7.80. The molecule has 0 atom stereocenters. The molecule has 1 fully saturated rings. The number of carbonyl (C=O) groups excluding carboxylic acids is 2. The van der Waals surface area contributed by atoms with Crippen LogP contribution >= 0.6 is 23.8 Å². The van der Waals surface area contributed by atoms with Crippen molar-refractivity contribution in [2.24, 2.45) is 0 Å². The van der Waals surface area contributed by atoms with E-state index in [1.54, 1.807) is 18.2 Å². The summed E-state index contributed by atoms with van der Waals surface area (Å²) in [5, 5.41) is 13.4. The minimum Gasteiger partial charge on any atom is -0.493 e. The molecular formula is C22H18ClN3O6S. The van der Waals surface area contributed by atoms with E-state index < -0.39 is 16.7 Å². The van der Waals surface area contributed by atoms with Gasteiger partial charge in [-0.3, -0.25) is 29.9 Å². The minimum atomic E-state index is -0.626. The lowest BCUT2D eigenvalue weighted by Gasteiger charge is -2.27. The molecule has 0 spiro atoms. The average molecular weight is 488 g/mol. The molecule has 1 heterocycles. The van der Waals surface area contributed by atoms with E-state index >= 15 is 0 Å². The van der Waals surface area contributed by atoms with E-state index in [2.05, 4.69) is 11.9 Å². The SMILES string of the molecule is C=CCN1C(=O)/C(=C/c2cc(Cl)c(OCc3ccc([N+](=O)[O-])cc3)c(OC)c2)C(=O)NC1=S. The number of non-ortho nitro benzene ring substituents is 1. The molecule has 1 saturated heterocycles. The average Bonchev–Trinajstić information content (AvgIpc) is 2.78. The van der Waals surface area contributed by atoms with Crippen LogP contribution in [-0.4, -0.2) is 40.4 Å². The van der Waals surface area contributed by atoms with Gasteiger partial charge in [-0.15, -0.1) is 6.58 Å². The zero-order chi connectivity index (χ0) is 24.1. The largest absolute Gasteiger partial charge is 0.493 e. The van der Waals surface area contributed by atoms with Crippen molar-refractivity contribution in [1.82, 2.24) is 10.2 Å². The summed E-state index contributed by atoms with van der Waals surface area (Å²) in [6.07, 6.45) is 2.88. The summed E-state index contributed by atoms with van der Waals surface area (Å²) in [7, 11) is 1.42. The van der Waals surface area contributed by atoms with Crippen LogP contribution in [0.15, 0.2) is 54.6 Å². The summed E-state index contributed by atoms with van der Waals surface area (Å²) >= 11 is 11.4. The Kier molecular flexibility index (Phi) is 7.41. The molecule has 0 saturated carbocycles. The third-order valence-corrected chi connectivity index (χ3v) is 5.19. The second kappa shape index (κ2) is 10.2. The number of hydrogen-bond acceptors (Lipinski definition) is 7. The van der Waals surface area contributed by atoms with E-state index in [-0.39, 0.29) is 46.0 Å². The van der Waals surface area contributed by atoms with Crippen molar-refractivity contribution in [1.29, 1.82) is 0 Å². The Bertz CT molecular complexity index is 1180. The molecule has 170 valence electrons. The monoisotopic (exact) mass is 487 g/mol. The number of benzene rings is 2. The number of nitro benzene ring substituents is 1. The summed E-state index contributed by atoms with van der Waals surface area (Å²) in [4.78, 5) is 36.5. The van der Waals surface area contributed by atoms with Crippen molar-refractivity contribution in [2.45, 2.75) is 6.61 Å². The lowest BCUT2D eigenvalue weighted by atomic mass is 10.1. The lowest BCUT2D eigenvalue weighted by Crippen LogP contribution is -2.53. The number of nitro groups is 1. The Hall–Kier alpha value is -3.76. The van der Waals surface area contributed by atoms with Crippen LogP contribution in [0, 0.1) is 10.1 Å². The number of nitrogens with one attached hydrogen (secondary N) is 1. The smallest absolute Gasteiger partial charge is 0.269 e. The molecule has 0 unspecified atom stereocenters. The van der Waals surface area contributed by atoms with Crippen molar-refractivity contribution in [3.05, 3.63) is 80.9 Å². The number of halogens is 1. The van der Waals surface area contributed by atoms with Crippen LogP contribution in [0.1, 0.15) is 11.1 Å². The number of hydrogen-bond donors (Lipinski definition) is 1. The molecule has 2 aromatic carbocycles. The Labute approximate surface area is 199 Å². The molecule has 0 aromatic heterocycles. The molecule has 2 amide bonds. The number of methoxy groups -OCH3 is 1. The summed E-state index contributed by atoms with van der Waals surface area (Å²) in [6, 6.07) is 8.98. The van der Waals surface area contributed by atoms with Gasteiger partial charge in [-0.1, -0.05) is 17.7 Å². The Morgan fingerprint density at radius 2 is 1.97 bits per heavy atom. The predicted molar refractivity (Wildman–Crippen MR) is 126 cm³/mol. The molecule has 1 N–H and O–H groups in total. The maximum absolute atomic E-state index is 12.7. The quantitative estimate of drug-likeness (QED) is 0.151. The predicted octanol–water partition coefficient (Wildman–Crippen LogP) is 3.65. The standard InChI is InChI=1S/C22H18ClN3O6S/c1-3-8-25-21(28)16(20(27)24-22(25)33)9-14-10-17(23)19(18(11-14)31-2)32-12-13-4-6-15(7-5-13)26(29)30/h3-7,9-11H,1,8,12H2,2H3,(H,24,27,33)/b16-9+. The van der Waals surface area contributed by atoms with Gasteiger partial charge in [0.1, 0.15) is 12.2 Å². The zero-order valence-corrected chi connectivity index (χ0v) is 18.9. The highest BCUT2D eigenvalue weighted by Crippen LogP contribution is 2.37. The lowest BCUT2D eigenvalue weighted by molar-refractivity contribution is -0.384. The number of amides is 2. The van der Waals surface area contributed by atoms with E-state index in [1.807, 2.05) is 0 Å². The molecule has 11 heteroatoms. The Balaban J connectivity index is 1.85. The van der Waals surface area contributed by atoms with Crippen molar-refractivity contribution < 1.29 is 24.0 Å². The Morgan fingerprint density at radius 3 is 2.58 bits per heavy atom. The van der Waals surface area contributed by atoms with Crippen molar-refractivity contribution in [3.63, 3.8) is 0 Å². The van der Waals surface area contributed by atoms with Crippen molar-refractivity contribution in [3.8, 4) is 11.5 Å². The van der Waals surface area contributed by atoms with E-state index in [0.717, 1.165) is 0 Å². The van der Waals surface area contributed by atoms with Gasteiger partial charge in [0.25, 0.3) is 17.5 Å². The molecule has 0 aliphatic carbocycles. The van der Waals surface area contributed by atoms with Crippen LogP contribution in [0.4, 0.5) is 5.69 Å². The number of carbonyl (C=O) groups is 2. The fourth-order valence-electron chi connectivity index (χ4n) is 2.99. The van der Waals surface area contributed by atoms with E-state index in [1.165, 1.54) is 42.4 Å². The van der Waals surface area contributed by atoms with Crippen LogP contribution in [-0.2, 0) is 16.2 Å². The summed E-state index contributed by atoms with van der Waals surface area (Å²) in [5.41, 5.74) is 0.973. The third-order valence-electron chi connectivity index (χ3n) is 4.59. The van der Waals surface area contributed by atoms with Gasteiger partial charge in [-0.2, -0.15) is 0 Å². The van der Waals surface area contributed by atoms with Gasteiger partial charge in [0.2, 0.25) is 0 Å². The first-order valence-electron chi connectivity index (χ1n) is 9.48. The third kappa shape index (κ3) is 5.36. The zero-order valence-electron chi connectivity index (χ0n) is 17.4. The molecule has 1 aliphatic heterocycles. The highest BCUT2D eigenvalue weighted by atomic mass is 35.5. The second-order valence-electron chi connectivity index (χ2n) is 6.77. The molecule has 3 rings (SSSR count). The van der Waals surface area contributed by atoms with Crippen LogP contribution in [0.5, 0.6) is 11.5 Å². The van der Waals surface area contributed by atoms with E-state index in [4.69, 9.17) is 33.3 Å². The molecule has 2 aromatic rings. The molecule has 0 radical (unpaired) electrons. The summed E-state index contributed by atoms with van der Waals surface area (Å²) in [5.74, 6) is -0.664. The van der Waals surface area contributed by atoms with Crippen LogP contribution in [0.25, 0.3) is 6.08 Å². The number of nitrogens with zero attached hydrogens (tertiary/aromatic N) is 2. The van der Waals surface area contributed by atoms with Gasteiger partial charge in [0.05, 0.1) is 17.1 Å². The normalized spacial score (nSPS) is 14.8. The molecule has 1 aliphatic rings. The first-order valence-corrected chi connectivity index (χ1v) is 10.3. The molecule has 9 nitrogen and oxygen atoms in total. The Morgan fingerprint density at radius 1 is 1.27 bits per heavy atom. The van der Waals surface area contributed by atoms with Gasteiger partial charge >= 0.3 is 0 Å². The van der Waals surface area contributed by atoms with Crippen LogP contribution < -0.4 is 14.8 Å². The topological polar surface area (TPSA) is 111 Å². The fourth-order valence-corrected chi connectivity index (χ4v) is 3.51. The summed E-state index contributed by atoms with van der Waals surface area (Å²) < 4.78 is 11.1. The van der Waals surface area contributed by atoms with Crippen LogP contribution in [0.2, 0.25) is 5.02 Å². The first kappa shape index (κ1) is 23.9. The summed E-state index contributed by atoms with van der Waals surface area (Å²) in [6.45, 7) is 3.82. The van der Waals surface area contributed by atoms with Gasteiger partial charge in [0, 0.05) is 18.7 Å². The van der Waals surface area contributed by atoms with Gasteiger partial charge < -0.3 is 9.47 Å². The van der Waals surface area contributed by atoms with E-state index in [0.29, 0.717) is 11.1 Å². The number of thiocarbonyl (C=S) groups is 1. The highest BCUT2D eigenvalue weighted by Gasteiger charge is 2.32. The fraction of sp³-hybridized carbons (Fsp3) is 0.136. The number of rotatable bonds is 8. The molecule has 0 bridgehead atoms. The van der Waals surface area contributed by atoms with Crippen molar-refractivity contribution >= 4 is 52.5 Å². The minimum absolute atomic E-state index is 0.00709. The first-order chi connectivity index (χ1) is 15.7. The molecule has 33 heavy (non-hydrogen) atoms.